The SMILES string of the molecule is CN(CC(O)COc1ccc(C#N)cc1)C1CCN(c2ccccc2Cl)C1=O. The van der Waals surface area contributed by atoms with E-state index < -0.39 is 6.10 Å². The molecule has 7 heteroatoms. The second kappa shape index (κ2) is 9.07. The van der Waals surface area contributed by atoms with Crippen molar-refractivity contribution in [1.82, 2.24) is 4.90 Å². The fraction of sp³-hybridized carbons (Fsp3) is 0.333. The number of carbonyl (C=O) groups excluding carboxylic acids is 1. The molecule has 0 aromatic heterocycles. The van der Waals surface area contributed by atoms with Crippen LogP contribution in [0.4, 0.5) is 5.69 Å². The number of rotatable bonds is 7. The molecule has 28 heavy (non-hydrogen) atoms. The number of nitriles is 1. The summed E-state index contributed by atoms with van der Waals surface area (Å²) in [7, 11) is 1.82. The van der Waals surface area contributed by atoms with Gasteiger partial charge in [0.1, 0.15) is 18.5 Å². The summed E-state index contributed by atoms with van der Waals surface area (Å²) in [5.41, 5.74) is 1.27. The summed E-state index contributed by atoms with van der Waals surface area (Å²) in [4.78, 5) is 16.4. The summed E-state index contributed by atoms with van der Waals surface area (Å²) in [5, 5.41) is 19.6. The zero-order valence-electron chi connectivity index (χ0n) is 15.6. The molecule has 1 aliphatic heterocycles. The predicted octanol–water partition coefficient (Wildman–Crippen LogP) is 2.69. The molecule has 0 bridgehead atoms. The van der Waals surface area contributed by atoms with Crippen molar-refractivity contribution in [2.75, 3.05) is 31.6 Å². The first-order valence-corrected chi connectivity index (χ1v) is 9.44. The summed E-state index contributed by atoms with van der Waals surface area (Å²) in [6, 6.07) is 15.7. The van der Waals surface area contributed by atoms with E-state index in [4.69, 9.17) is 21.6 Å². The first-order chi connectivity index (χ1) is 13.5. The maximum Gasteiger partial charge on any atom is 0.244 e. The van der Waals surface area contributed by atoms with Gasteiger partial charge in [0.15, 0.2) is 0 Å². The fourth-order valence-corrected chi connectivity index (χ4v) is 3.55. The van der Waals surface area contributed by atoms with Crippen molar-refractivity contribution in [1.29, 1.82) is 5.26 Å². The molecule has 1 fully saturated rings. The standard InChI is InChI=1S/C21H22ClN3O3/c1-24(13-16(26)14-28-17-8-6-15(12-23)7-9-17)20-10-11-25(21(20)27)19-5-3-2-4-18(19)22/h2-9,16,20,26H,10-11,13-14H2,1H3. The fourth-order valence-electron chi connectivity index (χ4n) is 3.31. The van der Waals surface area contributed by atoms with Crippen molar-refractivity contribution in [3.05, 3.63) is 59.1 Å². The van der Waals surface area contributed by atoms with Gasteiger partial charge in [-0.1, -0.05) is 23.7 Å². The zero-order chi connectivity index (χ0) is 20.1. The van der Waals surface area contributed by atoms with Gasteiger partial charge in [0.2, 0.25) is 5.91 Å². The second-order valence-corrected chi connectivity index (χ2v) is 7.19. The van der Waals surface area contributed by atoms with E-state index in [1.54, 1.807) is 35.2 Å². The Morgan fingerprint density at radius 1 is 1.32 bits per heavy atom. The lowest BCUT2D eigenvalue weighted by Crippen LogP contribution is -2.44. The maximum absolute atomic E-state index is 12.8. The van der Waals surface area contributed by atoms with Gasteiger partial charge >= 0.3 is 0 Å². The van der Waals surface area contributed by atoms with Gasteiger partial charge in [0.05, 0.1) is 28.4 Å². The topological polar surface area (TPSA) is 76.8 Å². The van der Waals surface area contributed by atoms with Gasteiger partial charge < -0.3 is 14.7 Å². The maximum atomic E-state index is 12.8. The number of hydrogen-bond acceptors (Lipinski definition) is 5. The minimum Gasteiger partial charge on any atom is -0.491 e. The highest BCUT2D eigenvalue weighted by atomic mass is 35.5. The number of ether oxygens (including phenoxy) is 1. The van der Waals surface area contributed by atoms with Gasteiger partial charge in [-0.05, 0) is 49.9 Å². The van der Waals surface area contributed by atoms with Crippen LogP contribution < -0.4 is 9.64 Å². The molecule has 1 heterocycles. The van der Waals surface area contributed by atoms with Gasteiger partial charge in [0.25, 0.3) is 0 Å². The van der Waals surface area contributed by atoms with Crippen LogP contribution in [0.1, 0.15) is 12.0 Å². The smallest absolute Gasteiger partial charge is 0.244 e. The van der Waals surface area contributed by atoms with Gasteiger partial charge in [-0.15, -0.1) is 0 Å². The van der Waals surface area contributed by atoms with E-state index in [0.29, 0.717) is 35.8 Å². The molecule has 0 spiro atoms. The molecule has 146 valence electrons. The van der Waals surface area contributed by atoms with Crippen molar-refractivity contribution in [2.24, 2.45) is 0 Å². The van der Waals surface area contributed by atoms with Crippen LogP contribution in [0.2, 0.25) is 5.02 Å². The van der Waals surface area contributed by atoms with Gasteiger partial charge in [-0.2, -0.15) is 5.26 Å². The Hall–Kier alpha value is -2.59. The van der Waals surface area contributed by atoms with E-state index in [1.807, 2.05) is 36.2 Å². The molecule has 2 aromatic carbocycles. The van der Waals surface area contributed by atoms with Crippen LogP contribution in [0.3, 0.4) is 0 Å². The summed E-state index contributed by atoms with van der Waals surface area (Å²) in [6.07, 6.45) is -0.0770. The van der Waals surface area contributed by atoms with E-state index in [2.05, 4.69) is 0 Å². The number of nitrogens with zero attached hydrogens (tertiary/aromatic N) is 3. The molecule has 1 saturated heterocycles. The first kappa shape index (κ1) is 20.2. The zero-order valence-corrected chi connectivity index (χ0v) is 16.3. The second-order valence-electron chi connectivity index (χ2n) is 6.79. The Balaban J connectivity index is 1.52. The monoisotopic (exact) mass is 399 g/mol. The molecule has 0 saturated carbocycles. The number of anilines is 1. The molecule has 6 nitrogen and oxygen atoms in total. The van der Waals surface area contributed by atoms with Crippen molar-refractivity contribution < 1.29 is 14.6 Å². The van der Waals surface area contributed by atoms with Crippen molar-refractivity contribution in [2.45, 2.75) is 18.6 Å². The highest BCUT2D eigenvalue weighted by Gasteiger charge is 2.36. The number of aliphatic hydroxyl groups is 1. The third-order valence-corrected chi connectivity index (χ3v) is 5.10. The Bertz CT molecular complexity index is 866. The normalized spacial score (nSPS) is 17.6. The van der Waals surface area contributed by atoms with Crippen LogP contribution >= 0.6 is 11.6 Å². The largest absolute Gasteiger partial charge is 0.491 e. The third kappa shape index (κ3) is 4.63. The van der Waals surface area contributed by atoms with Gasteiger partial charge in [-0.25, -0.2) is 0 Å². The van der Waals surface area contributed by atoms with Crippen molar-refractivity contribution in [3.63, 3.8) is 0 Å². The van der Waals surface area contributed by atoms with E-state index in [0.717, 1.165) is 5.69 Å². The van der Waals surface area contributed by atoms with Crippen LogP contribution in [0.15, 0.2) is 48.5 Å². The minimum atomic E-state index is -0.747. The molecule has 2 unspecified atom stereocenters. The number of amides is 1. The van der Waals surface area contributed by atoms with E-state index >= 15 is 0 Å². The number of halogens is 1. The predicted molar refractivity (Wildman–Crippen MR) is 107 cm³/mol. The third-order valence-electron chi connectivity index (χ3n) is 4.78. The number of benzene rings is 2. The van der Waals surface area contributed by atoms with Crippen LogP contribution in [0.5, 0.6) is 5.75 Å². The molecule has 1 aliphatic rings. The number of hydrogen-bond donors (Lipinski definition) is 1. The first-order valence-electron chi connectivity index (χ1n) is 9.06. The molecule has 1 N–H and O–H groups in total. The average molecular weight is 400 g/mol. The molecule has 0 aliphatic carbocycles. The summed E-state index contributed by atoms with van der Waals surface area (Å²) in [6.45, 7) is 1.00. The van der Waals surface area contributed by atoms with E-state index in [-0.39, 0.29) is 18.6 Å². The van der Waals surface area contributed by atoms with Crippen LogP contribution in [-0.2, 0) is 4.79 Å². The Morgan fingerprint density at radius 2 is 2.04 bits per heavy atom. The quantitative estimate of drug-likeness (QED) is 0.774. The lowest BCUT2D eigenvalue weighted by atomic mass is 10.2. The molecular formula is C21H22ClN3O3. The highest BCUT2D eigenvalue weighted by molar-refractivity contribution is 6.33. The Morgan fingerprint density at radius 3 is 2.71 bits per heavy atom. The number of para-hydroxylation sites is 1. The number of aliphatic hydroxyl groups excluding tert-OH is 1. The molecular weight excluding hydrogens is 378 g/mol. The van der Waals surface area contributed by atoms with Crippen molar-refractivity contribution >= 4 is 23.2 Å². The highest BCUT2D eigenvalue weighted by Crippen LogP contribution is 2.30. The average Bonchev–Trinajstić information content (AvgIpc) is 3.08. The molecule has 3 rings (SSSR count). The van der Waals surface area contributed by atoms with Crippen molar-refractivity contribution in [3.8, 4) is 11.8 Å². The molecule has 2 atom stereocenters. The molecule has 0 radical (unpaired) electrons. The van der Waals surface area contributed by atoms with Crippen LogP contribution in [0, 0.1) is 11.3 Å². The number of carbonyl (C=O) groups is 1. The number of likely N-dealkylation sites (N-methyl/N-ethyl adjacent to an activating group) is 1. The van der Waals surface area contributed by atoms with Crippen LogP contribution in [0.25, 0.3) is 0 Å². The van der Waals surface area contributed by atoms with E-state index in [9.17, 15) is 9.90 Å². The summed E-state index contributed by atoms with van der Waals surface area (Å²) < 4.78 is 5.56. The lowest BCUT2D eigenvalue weighted by molar-refractivity contribution is -0.121. The summed E-state index contributed by atoms with van der Waals surface area (Å²) in [5.74, 6) is 0.568. The Kier molecular flexibility index (Phi) is 6.53. The van der Waals surface area contributed by atoms with Crippen LogP contribution in [-0.4, -0.2) is 54.8 Å². The molecule has 1 amide bonds. The van der Waals surface area contributed by atoms with Gasteiger partial charge in [0, 0.05) is 13.1 Å². The van der Waals surface area contributed by atoms with Gasteiger partial charge in [-0.3, -0.25) is 9.69 Å². The molecule has 2 aromatic rings. The summed E-state index contributed by atoms with van der Waals surface area (Å²) >= 11 is 6.22. The Labute approximate surface area is 169 Å². The lowest BCUT2D eigenvalue weighted by Gasteiger charge is -2.26. The van der Waals surface area contributed by atoms with E-state index in [1.165, 1.54) is 0 Å². The minimum absolute atomic E-state index is 0.0178.